The van der Waals surface area contributed by atoms with Gasteiger partial charge in [-0.05, 0) is 25.2 Å². The molecule has 186 valence electrons. The van der Waals surface area contributed by atoms with Gasteiger partial charge in [0.2, 0.25) is 5.91 Å². The number of aromatic nitrogens is 1. The maximum absolute atomic E-state index is 12.4. The fraction of sp³-hybridized carbons (Fsp3) is 0.500. The zero-order valence-electron chi connectivity index (χ0n) is 19.5. The largest absolute Gasteiger partial charge is 0.464 e. The number of anilines is 1. The lowest BCUT2D eigenvalue weighted by Gasteiger charge is -2.31. The van der Waals surface area contributed by atoms with Crippen molar-refractivity contribution >= 4 is 40.2 Å². The number of amides is 3. The first-order chi connectivity index (χ1) is 16.2. The average Bonchev–Trinajstić information content (AvgIpc) is 3.32. The lowest BCUT2D eigenvalue weighted by atomic mass is 9.93. The summed E-state index contributed by atoms with van der Waals surface area (Å²) in [6, 6.07) is 0. The van der Waals surface area contributed by atoms with E-state index in [4.69, 9.17) is 4.74 Å². The number of thiazole rings is 1. The van der Waals surface area contributed by atoms with Gasteiger partial charge in [-0.2, -0.15) is 0 Å². The Morgan fingerprint density at radius 1 is 1.15 bits per heavy atom. The van der Waals surface area contributed by atoms with Crippen molar-refractivity contribution in [2.24, 2.45) is 5.92 Å². The third-order valence-corrected chi connectivity index (χ3v) is 6.07. The third-order valence-electron chi connectivity index (χ3n) is 5.17. The van der Waals surface area contributed by atoms with Crippen LogP contribution in [0.1, 0.15) is 36.2 Å². The second-order valence-electron chi connectivity index (χ2n) is 7.70. The van der Waals surface area contributed by atoms with E-state index in [2.05, 4.69) is 43.7 Å². The van der Waals surface area contributed by atoms with Gasteiger partial charge in [0.15, 0.2) is 5.13 Å². The number of nitrogens with one attached hydrogen (secondary N) is 3. The topological polar surface area (TPSA) is 139 Å². The molecule has 0 aliphatic carbocycles. The summed E-state index contributed by atoms with van der Waals surface area (Å²) in [7, 11) is 2.79. The van der Waals surface area contributed by atoms with Crippen LogP contribution in [0.4, 0.5) is 5.13 Å². The van der Waals surface area contributed by atoms with Crippen LogP contribution in [0.5, 0.6) is 0 Å². The van der Waals surface area contributed by atoms with Gasteiger partial charge < -0.3 is 30.3 Å². The van der Waals surface area contributed by atoms with Gasteiger partial charge in [-0.3, -0.25) is 14.4 Å². The zero-order valence-corrected chi connectivity index (χ0v) is 20.3. The van der Waals surface area contributed by atoms with Crippen molar-refractivity contribution in [1.29, 1.82) is 0 Å². The number of nitrogens with zero attached hydrogens (tertiary/aromatic N) is 2. The standard InChI is InChI=1S/C22H31N5O6S/c1-14(19(29)25-15(2)21(31)33-4)24-20(30)17-13-34-22(26-17)27-9-6-16(7-10-27)12-18(28)23-8-5-11-32-3/h13,16H,1-2,5-12H2,3-4H3,(H,23,28)(H,24,30)(H,25,29). The first-order valence-corrected chi connectivity index (χ1v) is 11.7. The summed E-state index contributed by atoms with van der Waals surface area (Å²) >= 11 is 1.33. The van der Waals surface area contributed by atoms with Crippen LogP contribution in [0.15, 0.2) is 29.9 Å². The van der Waals surface area contributed by atoms with E-state index in [9.17, 15) is 19.2 Å². The molecule has 1 aromatic heterocycles. The van der Waals surface area contributed by atoms with Crippen LogP contribution < -0.4 is 20.9 Å². The number of hydrogen-bond acceptors (Lipinski definition) is 9. The monoisotopic (exact) mass is 493 g/mol. The number of rotatable bonds is 12. The molecule has 12 heteroatoms. The summed E-state index contributed by atoms with van der Waals surface area (Å²) in [6.45, 7) is 9.59. The van der Waals surface area contributed by atoms with Gasteiger partial charge in [0.05, 0.1) is 12.8 Å². The molecule has 1 aliphatic heterocycles. The van der Waals surface area contributed by atoms with Crippen molar-refractivity contribution in [3.8, 4) is 0 Å². The second-order valence-corrected chi connectivity index (χ2v) is 8.54. The Morgan fingerprint density at radius 3 is 2.50 bits per heavy atom. The van der Waals surface area contributed by atoms with Gasteiger partial charge in [-0.25, -0.2) is 9.78 Å². The zero-order chi connectivity index (χ0) is 25.1. The molecule has 2 heterocycles. The van der Waals surface area contributed by atoms with E-state index >= 15 is 0 Å². The lowest BCUT2D eigenvalue weighted by Crippen LogP contribution is -2.36. The highest BCUT2D eigenvalue weighted by molar-refractivity contribution is 7.13. The molecule has 0 spiro atoms. The number of piperidine rings is 1. The van der Waals surface area contributed by atoms with Crippen molar-refractivity contribution in [2.75, 3.05) is 45.4 Å². The van der Waals surface area contributed by atoms with Crippen LogP contribution >= 0.6 is 11.3 Å². The van der Waals surface area contributed by atoms with Crippen molar-refractivity contribution in [1.82, 2.24) is 20.9 Å². The van der Waals surface area contributed by atoms with Crippen LogP contribution in [0.25, 0.3) is 0 Å². The predicted octanol–water partition coefficient (Wildman–Crippen LogP) is 0.949. The smallest absolute Gasteiger partial charge is 0.353 e. The van der Waals surface area contributed by atoms with E-state index in [-0.39, 0.29) is 23.0 Å². The van der Waals surface area contributed by atoms with Crippen LogP contribution in [0.2, 0.25) is 0 Å². The number of carbonyl (C=O) groups excluding carboxylic acids is 4. The van der Waals surface area contributed by atoms with Crippen LogP contribution in [-0.2, 0) is 23.9 Å². The number of methoxy groups -OCH3 is 2. The minimum atomic E-state index is -0.803. The maximum Gasteiger partial charge on any atom is 0.353 e. The van der Waals surface area contributed by atoms with Gasteiger partial charge in [-0.15, -0.1) is 11.3 Å². The van der Waals surface area contributed by atoms with E-state index in [1.54, 1.807) is 12.5 Å². The normalized spacial score (nSPS) is 13.6. The van der Waals surface area contributed by atoms with E-state index in [0.29, 0.717) is 30.6 Å². The Hall–Kier alpha value is -3.25. The Morgan fingerprint density at radius 2 is 1.85 bits per heavy atom. The van der Waals surface area contributed by atoms with Crippen LogP contribution in [-0.4, -0.2) is 69.1 Å². The number of ether oxygens (including phenoxy) is 2. The first kappa shape index (κ1) is 27.0. The van der Waals surface area contributed by atoms with E-state index in [1.807, 2.05) is 0 Å². The van der Waals surface area contributed by atoms with Gasteiger partial charge in [-0.1, -0.05) is 13.2 Å². The molecule has 0 unspecified atom stereocenters. The minimum Gasteiger partial charge on any atom is -0.464 e. The minimum absolute atomic E-state index is 0.0576. The molecule has 2 rings (SSSR count). The Balaban J connectivity index is 1.78. The van der Waals surface area contributed by atoms with Gasteiger partial charge in [0, 0.05) is 45.2 Å². The summed E-state index contributed by atoms with van der Waals surface area (Å²) in [5.74, 6) is -1.82. The van der Waals surface area contributed by atoms with Crippen molar-refractivity contribution in [2.45, 2.75) is 25.7 Å². The van der Waals surface area contributed by atoms with Gasteiger partial charge in [0.25, 0.3) is 11.8 Å². The van der Waals surface area contributed by atoms with Gasteiger partial charge >= 0.3 is 5.97 Å². The number of esters is 1. The molecule has 1 aromatic rings. The molecular weight excluding hydrogens is 462 g/mol. The molecule has 1 aliphatic rings. The molecule has 0 bridgehead atoms. The summed E-state index contributed by atoms with van der Waals surface area (Å²) in [6.07, 6.45) is 3.00. The Bertz CT molecular complexity index is 923. The van der Waals surface area contributed by atoms with Crippen molar-refractivity contribution < 1.29 is 28.7 Å². The number of carbonyl (C=O) groups is 4. The molecule has 3 amide bonds. The molecule has 11 nitrogen and oxygen atoms in total. The predicted molar refractivity (Wildman–Crippen MR) is 127 cm³/mol. The summed E-state index contributed by atoms with van der Waals surface area (Å²) in [5, 5.41) is 9.77. The van der Waals surface area contributed by atoms with Gasteiger partial charge in [0.1, 0.15) is 11.4 Å². The molecule has 0 aromatic carbocycles. The highest BCUT2D eigenvalue weighted by Crippen LogP contribution is 2.27. The van der Waals surface area contributed by atoms with Crippen molar-refractivity contribution in [3.05, 3.63) is 35.6 Å². The average molecular weight is 494 g/mol. The van der Waals surface area contributed by atoms with Crippen molar-refractivity contribution in [3.63, 3.8) is 0 Å². The Labute approximate surface area is 202 Å². The van der Waals surface area contributed by atoms with Crippen LogP contribution in [0.3, 0.4) is 0 Å². The molecule has 1 fully saturated rings. The highest BCUT2D eigenvalue weighted by Gasteiger charge is 2.24. The lowest BCUT2D eigenvalue weighted by molar-refractivity contribution is -0.137. The SMILES string of the molecule is C=C(NC(=O)c1csc(N2CCC(CC(=O)NCCCOC)CC2)n1)C(=O)NC(=C)C(=O)OC. The molecular formula is C22H31N5O6S. The molecule has 1 saturated heterocycles. The summed E-state index contributed by atoms with van der Waals surface area (Å²) in [4.78, 5) is 54.3. The van der Waals surface area contributed by atoms with E-state index < -0.39 is 17.8 Å². The molecule has 0 saturated carbocycles. The second kappa shape index (κ2) is 13.5. The van der Waals surface area contributed by atoms with E-state index in [1.165, 1.54) is 11.3 Å². The maximum atomic E-state index is 12.4. The fourth-order valence-corrected chi connectivity index (χ4v) is 4.12. The summed E-state index contributed by atoms with van der Waals surface area (Å²) < 4.78 is 9.42. The third kappa shape index (κ3) is 8.27. The van der Waals surface area contributed by atoms with Crippen LogP contribution in [0, 0.1) is 5.92 Å². The molecule has 0 radical (unpaired) electrons. The molecule has 3 N–H and O–H groups in total. The highest BCUT2D eigenvalue weighted by atomic mass is 32.1. The first-order valence-electron chi connectivity index (χ1n) is 10.8. The number of hydrogen-bond donors (Lipinski definition) is 3. The molecule has 34 heavy (non-hydrogen) atoms. The Kier molecular flexibility index (Phi) is 10.7. The van der Waals surface area contributed by atoms with E-state index in [0.717, 1.165) is 39.5 Å². The fourth-order valence-electron chi connectivity index (χ4n) is 3.27. The molecule has 0 atom stereocenters. The summed E-state index contributed by atoms with van der Waals surface area (Å²) in [5.41, 5.74) is -0.380. The quantitative estimate of drug-likeness (QED) is 0.222.